The number of aromatic nitrogens is 5. The van der Waals surface area contributed by atoms with Crippen LogP contribution in [0.4, 0.5) is 5.82 Å². The molecule has 0 saturated heterocycles. The third-order valence-electron chi connectivity index (χ3n) is 3.93. The van der Waals surface area contributed by atoms with Crippen molar-refractivity contribution in [3.63, 3.8) is 0 Å². The Morgan fingerprint density at radius 2 is 1.91 bits per heavy atom. The lowest BCUT2D eigenvalue weighted by molar-refractivity contribution is 0.839. The molecule has 0 amide bonds. The third kappa shape index (κ3) is 2.38. The molecule has 2 heterocycles. The van der Waals surface area contributed by atoms with Crippen molar-refractivity contribution in [1.82, 2.24) is 25.0 Å². The number of anilines is 1. The minimum Gasteiger partial charge on any atom is -0.360 e. The van der Waals surface area contributed by atoms with E-state index in [1.807, 2.05) is 43.3 Å². The minimum absolute atomic E-state index is 0.104. The van der Waals surface area contributed by atoms with Crippen molar-refractivity contribution < 1.29 is 0 Å². The van der Waals surface area contributed by atoms with E-state index in [4.69, 9.17) is 4.98 Å². The molecule has 2 aromatic heterocycles. The van der Waals surface area contributed by atoms with Crippen LogP contribution in [0.2, 0.25) is 0 Å². The number of hydrogen-bond donors (Lipinski definition) is 1. The Labute approximate surface area is 133 Å². The van der Waals surface area contributed by atoms with Crippen LogP contribution in [0.25, 0.3) is 16.7 Å². The number of nitrogens with zero attached hydrogens (tertiary/aromatic N) is 5. The number of hydrogen-bond acceptors (Lipinski definition) is 5. The lowest BCUT2D eigenvalue weighted by Gasteiger charge is -2.15. The summed E-state index contributed by atoms with van der Waals surface area (Å²) in [6.07, 6.45) is 0. The molecule has 1 N–H and O–H groups in total. The van der Waals surface area contributed by atoms with E-state index >= 15 is 0 Å². The Morgan fingerprint density at radius 3 is 2.74 bits per heavy atom. The molecular weight excluding hydrogens is 288 g/mol. The van der Waals surface area contributed by atoms with Gasteiger partial charge in [-0.25, -0.2) is 4.98 Å². The van der Waals surface area contributed by atoms with E-state index in [-0.39, 0.29) is 6.04 Å². The molecule has 0 aliphatic heterocycles. The van der Waals surface area contributed by atoms with Gasteiger partial charge in [-0.1, -0.05) is 36.4 Å². The summed E-state index contributed by atoms with van der Waals surface area (Å²) >= 11 is 0. The first-order chi connectivity index (χ1) is 11.2. The van der Waals surface area contributed by atoms with Gasteiger partial charge in [0.15, 0.2) is 5.82 Å². The van der Waals surface area contributed by atoms with Gasteiger partial charge in [0.1, 0.15) is 0 Å². The molecule has 6 heteroatoms. The Hall–Kier alpha value is -3.02. The summed E-state index contributed by atoms with van der Waals surface area (Å²) in [5.41, 5.74) is 4.73. The predicted octanol–water partition coefficient (Wildman–Crippen LogP) is 3.15. The summed E-state index contributed by atoms with van der Waals surface area (Å²) in [6.45, 7) is 4.13. The van der Waals surface area contributed by atoms with Gasteiger partial charge in [0.05, 0.1) is 17.1 Å². The molecule has 6 nitrogen and oxygen atoms in total. The van der Waals surface area contributed by atoms with Crippen molar-refractivity contribution in [2.24, 2.45) is 0 Å². The summed E-state index contributed by atoms with van der Waals surface area (Å²) in [5, 5.41) is 15.5. The van der Waals surface area contributed by atoms with E-state index < -0.39 is 0 Å². The number of aryl methyl sites for hydroxylation is 1. The van der Waals surface area contributed by atoms with Crippen LogP contribution < -0.4 is 5.32 Å². The van der Waals surface area contributed by atoms with E-state index in [1.165, 1.54) is 5.56 Å². The SMILES string of the molecule is Cc1ccc2nc(NC(C)c3ccccc3)c3nnnn3c2c1. The largest absolute Gasteiger partial charge is 0.360 e. The Kier molecular flexibility index (Phi) is 3.15. The average Bonchev–Trinajstić information content (AvgIpc) is 3.06. The summed E-state index contributed by atoms with van der Waals surface area (Å²) in [4.78, 5) is 4.71. The smallest absolute Gasteiger partial charge is 0.222 e. The monoisotopic (exact) mass is 304 g/mol. The normalized spacial score (nSPS) is 12.6. The fourth-order valence-electron chi connectivity index (χ4n) is 2.69. The molecule has 4 aromatic rings. The molecule has 1 unspecified atom stereocenters. The molecule has 114 valence electrons. The standard InChI is InChI=1S/C17H16N6/c1-11-8-9-14-15(10-11)23-17(20-21-22-23)16(19-14)18-12(2)13-6-4-3-5-7-13/h3-10,12H,1-2H3,(H,18,19). The first-order valence-electron chi connectivity index (χ1n) is 7.52. The number of rotatable bonds is 3. The second-order valence-corrected chi connectivity index (χ2v) is 5.64. The summed E-state index contributed by atoms with van der Waals surface area (Å²) in [7, 11) is 0. The highest BCUT2D eigenvalue weighted by Crippen LogP contribution is 2.24. The van der Waals surface area contributed by atoms with Gasteiger partial charge < -0.3 is 5.32 Å². The second kappa shape index (κ2) is 5.31. The average molecular weight is 304 g/mol. The van der Waals surface area contributed by atoms with Crippen LogP contribution in [-0.4, -0.2) is 25.0 Å². The molecule has 0 spiro atoms. The van der Waals surface area contributed by atoms with Gasteiger partial charge in [-0.2, -0.15) is 4.52 Å². The summed E-state index contributed by atoms with van der Waals surface area (Å²) < 4.78 is 1.73. The fourth-order valence-corrected chi connectivity index (χ4v) is 2.69. The molecule has 23 heavy (non-hydrogen) atoms. The van der Waals surface area contributed by atoms with E-state index in [1.54, 1.807) is 4.52 Å². The topological polar surface area (TPSA) is 68.0 Å². The number of fused-ring (bicyclic) bond motifs is 3. The highest BCUT2D eigenvalue weighted by molar-refractivity contribution is 5.82. The van der Waals surface area contributed by atoms with Crippen molar-refractivity contribution in [2.75, 3.05) is 5.32 Å². The predicted molar refractivity (Wildman–Crippen MR) is 89.3 cm³/mol. The minimum atomic E-state index is 0.104. The number of tetrazole rings is 1. The van der Waals surface area contributed by atoms with Crippen LogP contribution in [0.5, 0.6) is 0 Å². The van der Waals surface area contributed by atoms with Gasteiger partial charge >= 0.3 is 0 Å². The van der Waals surface area contributed by atoms with E-state index in [0.717, 1.165) is 16.6 Å². The van der Waals surface area contributed by atoms with Crippen molar-refractivity contribution in [3.8, 4) is 0 Å². The molecule has 0 bridgehead atoms. The first-order valence-corrected chi connectivity index (χ1v) is 7.52. The van der Waals surface area contributed by atoms with Crippen LogP contribution in [0, 0.1) is 6.92 Å². The van der Waals surface area contributed by atoms with Gasteiger partial charge in [0, 0.05) is 0 Å². The van der Waals surface area contributed by atoms with Gasteiger partial charge in [-0.3, -0.25) is 0 Å². The molecular formula is C17H16N6. The van der Waals surface area contributed by atoms with Crippen LogP contribution in [0.15, 0.2) is 48.5 Å². The van der Waals surface area contributed by atoms with Crippen molar-refractivity contribution in [3.05, 3.63) is 59.7 Å². The van der Waals surface area contributed by atoms with Gasteiger partial charge in [-0.15, -0.1) is 5.10 Å². The van der Waals surface area contributed by atoms with Crippen molar-refractivity contribution in [2.45, 2.75) is 19.9 Å². The fraction of sp³-hybridized carbons (Fsp3) is 0.176. The van der Waals surface area contributed by atoms with Crippen LogP contribution in [0.3, 0.4) is 0 Å². The van der Waals surface area contributed by atoms with Crippen LogP contribution >= 0.6 is 0 Å². The summed E-state index contributed by atoms with van der Waals surface area (Å²) in [6, 6.07) is 16.4. The Morgan fingerprint density at radius 1 is 1.09 bits per heavy atom. The molecule has 0 aliphatic carbocycles. The molecule has 1 atom stereocenters. The maximum Gasteiger partial charge on any atom is 0.222 e. The Balaban J connectivity index is 1.83. The molecule has 0 radical (unpaired) electrons. The van der Waals surface area contributed by atoms with E-state index in [2.05, 4.69) is 39.9 Å². The maximum atomic E-state index is 4.71. The zero-order chi connectivity index (χ0) is 15.8. The van der Waals surface area contributed by atoms with E-state index in [9.17, 15) is 0 Å². The highest BCUT2D eigenvalue weighted by Gasteiger charge is 2.14. The second-order valence-electron chi connectivity index (χ2n) is 5.64. The van der Waals surface area contributed by atoms with Gasteiger partial charge in [-0.05, 0) is 47.5 Å². The summed E-state index contributed by atoms with van der Waals surface area (Å²) in [5.74, 6) is 0.683. The zero-order valence-electron chi connectivity index (χ0n) is 12.9. The van der Waals surface area contributed by atoms with Crippen molar-refractivity contribution in [1.29, 1.82) is 0 Å². The first kappa shape index (κ1) is 13.6. The quantitative estimate of drug-likeness (QED) is 0.629. The van der Waals surface area contributed by atoms with Gasteiger partial charge in [0.25, 0.3) is 0 Å². The zero-order valence-corrected chi connectivity index (χ0v) is 12.9. The van der Waals surface area contributed by atoms with E-state index in [0.29, 0.717) is 11.5 Å². The number of benzene rings is 2. The lowest BCUT2D eigenvalue weighted by Crippen LogP contribution is -2.10. The van der Waals surface area contributed by atoms with Crippen LogP contribution in [-0.2, 0) is 0 Å². The van der Waals surface area contributed by atoms with Crippen molar-refractivity contribution >= 4 is 22.5 Å². The van der Waals surface area contributed by atoms with Gasteiger partial charge in [0.2, 0.25) is 5.65 Å². The Bertz CT molecular complexity index is 976. The number of nitrogens with one attached hydrogen (secondary N) is 1. The maximum absolute atomic E-state index is 4.71. The molecule has 4 rings (SSSR count). The molecule has 0 fully saturated rings. The lowest BCUT2D eigenvalue weighted by atomic mass is 10.1. The highest BCUT2D eigenvalue weighted by atomic mass is 15.5. The third-order valence-corrected chi connectivity index (χ3v) is 3.93. The van der Waals surface area contributed by atoms with Crippen LogP contribution in [0.1, 0.15) is 24.1 Å². The molecule has 0 aliphatic rings. The molecule has 0 saturated carbocycles. The molecule has 2 aromatic carbocycles.